The highest BCUT2D eigenvalue weighted by Crippen LogP contribution is 2.36. The van der Waals surface area contributed by atoms with E-state index in [4.69, 9.17) is 0 Å². The van der Waals surface area contributed by atoms with Crippen LogP contribution in [-0.4, -0.2) is 78.5 Å². The van der Waals surface area contributed by atoms with Crippen molar-refractivity contribution in [3.8, 4) is 0 Å². The first-order chi connectivity index (χ1) is 14.9. The van der Waals surface area contributed by atoms with E-state index < -0.39 is 29.8 Å². The molecule has 2 unspecified atom stereocenters. The quantitative estimate of drug-likeness (QED) is 0.730. The first-order valence-corrected chi connectivity index (χ1v) is 10.7. The summed E-state index contributed by atoms with van der Waals surface area (Å²) in [6.45, 7) is 7.88. The number of nitrogens with zero attached hydrogens (tertiary/aromatic N) is 3. The maximum absolute atomic E-state index is 12.6. The van der Waals surface area contributed by atoms with Crippen LogP contribution in [0.3, 0.4) is 0 Å². The molecule has 2 fully saturated rings. The van der Waals surface area contributed by atoms with E-state index in [2.05, 4.69) is 20.6 Å². The Morgan fingerprint density at radius 2 is 1.84 bits per heavy atom. The molecule has 2 atom stereocenters. The lowest BCUT2D eigenvalue weighted by atomic mass is 9.90. The lowest BCUT2D eigenvalue weighted by molar-refractivity contribution is -0.200. The lowest BCUT2D eigenvalue weighted by Gasteiger charge is -2.35. The zero-order chi connectivity index (χ0) is 23.7. The fraction of sp³-hybridized carbons (Fsp3) is 0.636. The minimum absolute atomic E-state index is 0.283. The Morgan fingerprint density at radius 3 is 2.41 bits per heavy atom. The van der Waals surface area contributed by atoms with Crippen LogP contribution in [0.15, 0.2) is 18.2 Å². The van der Waals surface area contributed by atoms with E-state index in [1.807, 2.05) is 19.1 Å². The molecule has 0 bridgehead atoms. The summed E-state index contributed by atoms with van der Waals surface area (Å²) in [5, 5.41) is 9.55. The Balaban J connectivity index is 1.61. The van der Waals surface area contributed by atoms with Gasteiger partial charge in [0.2, 0.25) is 0 Å². The van der Waals surface area contributed by atoms with Crippen molar-refractivity contribution in [1.29, 1.82) is 0 Å². The summed E-state index contributed by atoms with van der Waals surface area (Å²) in [5.41, 5.74) is 2.38. The van der Waals surface area contributed by atoms with Crippen LogP contribution in [-0.2, 0) is 16.1 Å². The number of aryl methyl sites for hydroxylation is 1. The molecule has 3 rings (SSSR count). The van der Waals surface area contributed by atoms with Gasteiger partial charge in [0.25, 0.3) is 0 Å². The smallest absolute Gasteiger partial charge is 0.425 e. The highest BCUT2D eigenvalue weighted by atomic mass is 19.4. The number of ether oxygens (including phenoxy) is 1. The monoisotopic (exact) mass is 457 g/mol. The number of rotatable bonds is 5. The van der Waals surface area contributed by atoms with Gasteiger partial charge in [-0.3, -0.25) is 9.69 Å². The number of anilines is 1. The maximum Gasteiger partial charge on any atom is 0.425 e. The zero-order valence-corrected chi connectivity index (χ0v) is 18.6. The number of hydrogen-bond acceptors (Lipinski definition) is 5. The zero-order valence-electron chi connectivity index (χ0n) is 18.6. The Kier molecular flexibility index (Phi) is 6.92. The van der Waals surface area contributed by atoms with Gasteiger partial charge < -0.3 is 19.6 Å². The van der Waals surface area contributed by atoms with Crippen molar-refractivity contribution in [1.82, 2.24) is 9.80 Å². The highest BCUT2D eigenvalue weighted by molar-refractivity contribution is 5.76. The summed E-state index contributed by atoms with van der Waals surface area (Å²) < 4.78 is 42.4. The molecule has 2 aliphatic rings. The van der Waals surface area contributed by atoms with E-state index in [-0.39, 0.29) is 13.1 Å². The van der Waals surface area contributed by atoms with Gasteiger partial charge in [0.15, 0.2) is 6.10 Å². The van der Waals surface area contributed by atoms with Gasteiger partial charge in [-0.15, -0.1) is 0 Å². The predicted molar refractivity (Wildman–Crippen MR) is 113 cm³/mol. The van der Waals surface area contributed by atoms with Gasteiger partial charge in [0.05, 0.1) is 5.41 Å². The SMILES string of the molecule is Cc1ccc(CN2CCN(C(=O)OC(C)C(F)(F)F)CC2)c(N2CCC(C)(C(=O)O)C2)c1. The number of aliphatic carboxylic acids is 1. The molecule has 1 N–H and O–H groups in total. The Hall–Kier alpha value is -2.49. The van der Waals surface area contributed by atoms with Crippen LogP contribution in [0.4, 0.5) is 23.7 Å². The van der Waals surface area contributed by atoms with Crippen molar-refractivity contribution < 1.29 is 32.6 Å². The number of benzene rings is 1. The highest BCUT2D eigenvalue weighted by Gasteiger charge is 2.42. The Labute approximate surface area is 185 Å². The number of carboxylic acid groups (broad SMARTS) is 1. The third-order valence-electron chi connectivity index (χ3n) is 6.33. The minimum atomic E-state index is -4.58. The summed E-state index contributed by atoms with van der Waals surface area (Å²) in [5.74, 6) is -0.794. The fourth-order valence-corrected chi connectivity index (χ4v) is 4.07. The molecular weight excluding hydrogens is 427 g/mol. The molecular formula is C22H30F3N3O4. The number of alkyl halides is 3. The van der Waals surface area contributed by atoms with Crippen molar-refractivity contribution in [3.63, 3.8) is 0 Å². The fourth-order valence-electron chi connectivity index (χ4n) is 4.07. The van der Waals surface area contributed by atoms with Gasteiger partial charge in [0.1, 0.15) is 0 Å². The largest absolute Gasteiger partial charge is 0.481 e. The number of amides is 1. The van der Waals surface area contributed by atoms with Crippen molar-refractivity contribution in [2.75, 3.05) is 44.2 Å². The van der Waals surface area contributed by atoms with E-state index >= 15 is 0 Å². The van der Waals surface area contributed by atoms with Crippen molar-refractivity contribution in [2.24, 2.45) is 5.41 Å². The van der Waals surface area contributed by atoms with E-state index in [0.717, 1.165) is 23.7 Å². The van der Waals surface area contributed by atoms with E-state index in [9.17, 15) is 27.9 Å². The summed E-state index contributed by atoms with van der Waals surface area (Å²) in [4.78, 5) is 29.2. The maximum atomic E-state index is 12.6. The Bertz CT molecular complexity index is 855. The van der Waals surface area contributed by atoms with Crippen LogP contribution in [0, 0.1) is 12.3 Å². The van der Waals surface area contributed by atoms with Crippen LogP contribution in [0.5, 0.6) is 0 Å². The molecule has 0 saturated carbocycles. The van der Waals surface area contributed by atoms with Gasteiger partial charge >= 0.3 is 18.2 Å². The van der Waals surface area contributed by atoms with Crippen molar-refractivity contribution in [2.45, 2.75) is 46.0 Å². The molecule has 2 saturated heterocycles. The van der Waals surface area contributed by atoms with Crippen molar-refractivity contribution >= 4 is 17.7 Å². The van der Waals surface area contributed by atoms with E-state index in [1.165, 1.54) is 4.90 Å². The number of halogens is 3. The standard InChI is InChI=1S/C22H30F3N3O4/c1-15-4-5-17(18(12-15)28-7-6-21(3,14-28)19(29)30)13-26-8-10-27(11-9-26)20(31)32-16(2)22(23,24)25/h4-5,12,16H,6-11,13-14H2,1-3H3,(H,29,30). The second-order valence-corrected chi connectivity index (χ2v) is 9.00. The van der Waals surface area contributed by atoms with Gasteiger partial charge in [0, 0.05) is 51.5 Å². The molecule has 178 valence electrons. The molecule has 32 heavy (non-hydrogen) atoms. The lowest BCUT2D eigenvalue weighted by Crippen LogP contribution is -2.49. The van der Waals surface area contributed by atoms with Crippen LogP contribution in [0.2, 0.25) is 0 Å². The van der Waals surface area contributed by atoms with Gasteiger partial charge in [-0.25, -0.2) is 4.79 Å². The third kappa shape index (κ3) is 5.46. The summed E-state index contributed by atoms with van der Waals surface area (Å²) in [7, 11) is 0. The topological polar surface area (TPSA) is 73.3 Å². The van der Waals surface area contributed by atoms with Crippen LogP contribution in [0.25, 0.3) is 0 Å². The molecule has 0 radical (unpaired) electrons. The van der Waals surface area contributed by atoms with E-state index in [0.29, 0.717) is 39.1 Å². The molecule has 10 heteroatoms. The molecule has 2 heterocycles. The third-order valence-corrected chi connectivity index (χ3v) is 6.33. The van der Waals surface area contributed by atoms with Crippen LogP contribution >= 0.6 is 0 Å². The predicted octanol–water partition coefficient (Wildman–Crippen LogP) is 3.50. The number of hydrogen-bond donors (Lipinski definition) is 1. The second-order valence-electron chi connectivity index (χ2n) is 9.00. The average molecular weight is 457 g/mol. The van der Waals surface area contributed by atoms with E-state index in [1.54, 1.807) is 6.92 Å². The molecule has 0 aromatic heterocycles. The minimum Gasteiger partial charge on any atom is -0.481 e. The summed E-state index contributed by atoms with van der Waals surface area (Å²) >= 11 is 0. The molecule has 1 aromatic rings. The molecule has 1 aromatic carbocycles. The summed E-state index contributed by atoms with van der Waals surface area (Å²) in [6, 6.07) is 6.11. The molecule has 1 amide bonds. The van der Waals surface area contributed by atoms with Gasteiger partial charge in [-0.1, -0.05) is 12.1 Å². The average Bonchev–Trinajstić information content (AvgIpc) is 3.12. The van der Waals surface area contributed by atoms with Crippen molar-refractivity contribution in [3.05, 3.63) is 29.3 Å². The van der Waals surface area contributed by atoms with Crippen LogP contribution in [0.1, 0.15) is 31.4 Å². The second kappa shape index (κ2) is 9.17. The molecule has 0 spiro atoms. The normalized spacial score (nSPS) is 23.3. The molecule has 2 aliphatic heterocycles. The first-order valence-electron chi connectivity index (χ1n) is 10.7. The molecule has 0 aliphatic carbocycles. The number of piperazine rings is 1. The summed E-state index contributed by atoms with van der Waals surface area (Å²) in [6.07, 6.45) is -7.09. The number of carbonyl (C=O) groups excluding carboxylic acids is 1. The first kappa shape index (κ1) is 24.2. The van der Waals surface area contributed by atoms with Crippen LogP contribution < -0.4 is 4.90 Å². The number of carbonyl (C=O) groups is 2. The number of carboxylic acids is 1. The Morgan fingerprint density at radius 1 is 1.19 bits per heavy atom. The van der Waals surface area contributed by atoms with Gasteiger partial charge in [-0.05, 0) is 44.4 Å². The molecule has 7 nitrogen and oxygen atoms in total. The van der Waals surface area contributed by atoms with Gasteiger partial charge in [-0.2, -0.15) is 13.2 Å².